The molecule has 0 aromatic heterocycles. The number of anilines is 1. The fraction of sp³-hybridized carbons (Fsp3) is 0.500. The van der Waals surface area contributed by atoms with Crippen molar-refractivity contribution in [2.24, 2.45) is 11.8 Å². The lowest BCUT2D eigenvalue weighted by molar-refractivity contribution is -0.140. The quantitative estimate of drug-likeness (QED) is 0.611. The highest BCUT2D eigenvalue weighted by atomic mass is 16.5. The standard InChI is InChI=1S/C20H24N2O5/c1-2-27-20(26)13-7-9-14(10-8-13)21-17(23)11-12-22-18(24)15-5-3-4-6-16(15)19(22)25/h7-10,15-16H,2-6,11-12H2,1H3,(H,21,23)/t15-,16+. The van der Waals surface area contributed by atoms with E-state index in [9.17, 15) is 19.2 Å². The molecule has 0 unspecified atom stereocenters. The third kappa shape index (κ3) is 4.18. The average Bonchev–Trinajstić information content (AvgIpc) is 2.92. The molecule has 1 aliphatic heterocycles. The summed E-state index contributed by atoms with van der Waals surface area (Å²) in [7, 11) is 0. The Morgan fingerprint density at radius 2 is 1.67 bits per heavy atom. The molecule has 3 rings (SSSR count). The zero-order chi connectivity index (χ0) is 19.4. The molecule has 7 heteroatoms. The van der Waals surface area contributed by atoms with Crippen LogP contribution in [0.3, 0.4) is 0 Å². The zero-order valence-electron chi connectivity index (χ0n) is 15.4. The number of carbonyl (C=O) groups is 4. The number of fused-ring (bicyclic) bond motifs is 1. The second kappa shape index (κ2) is 8.33. The van der Waals surface area contributed by atoms with Crippen LogP contribution in [0.15, 0.2) is 24.3 Å². The third-order valence-corrected chi connectivity index (χ3v) is 5.17. The number of likely N-dealkylation sites (tertiary alicyclic amines) is 1. The van der Waals surface area contributed by atoms with Gasteiger partial charge in [-0.15, -0.1) is 0 Å². The van der Waals surface area contributed by atoms with Crippen LogP contribution >= 0.6 is 0 Å². The fourth-order valence-electron chi connectivity index (χ4n) is 3.79. The number of carbonyl (C=O) groups excluding carboxylic acids is 4. The number of hydrogen-bond donors (Lipinski definition) is 1. The van der Waals surface area contributed by atoms with Crippen LogP contribution in [0.2, 0.25) is 0 Å². The summed E-state index contributed by atoms with van der Waals surface area (Å²) in [6.07, 6.45) is 3.55. The first kappa shape index (κ1) is 19.1. The monoisotopic (exact) mass is 372 g/mol. The first-order chi connectivity index (χ1) is 13.0. The van der Waals surface area contributed by atoms with Crippen molar-refractivity contribution in [2.45, 2.75) is 39.0 Å². The van der Waals surface area contributed by atoms with Crippen LogP contribution in [0.1, 0.15) is 49.4 Å². The third-order valence-electron chi connectivity index (χ3n) is 5.17. The maximum absolute atomic E-state index is 12.4. The molecule has 1 heterocycles. The average molecular weight is 372 g/mol. The van der Waals surface area contributed by atoms with E-state index >= 15 is 0 Å². The molecular formula is C20H24N2O5. The second-order valence-electron chi connectivity index (χ2n) is 6.92. The van der Waals surface area contributed by atoms with E-state index in [1.54, 1.807) is 31.2 Å². The van der Waals surface area contributed by atoms with Crippen LogP contribution < -0.4 is 5.32 Å². The van der Waals surface area contributed by atoms with Gasteiger partial charge in [-0.1, -0.05) is 12.8 Å². The Balaban J connectivity index is 1.52. The first-order valence-electron chi connectivity index (χ1n) is 9.43. The highest BCUT2D eigenvalue weighted by molar-refractivity contribution is 6.05. The predicted octanol–water partition coefficient (Wildman–Crippen LogP) is 2.37. The number of ether oxygens (including phenoxy) is 1. The van der Waals surface area contributed by atoms with Crippen LogP contribution in [0.4, 0.5) is 5.69 Å². The lowest BCUT2D eigenvalue weighted by atomic mass is 9.81. The van der Waals surface area contributed by atoms with Crippen LogP contribution in [0.25, 0.3) is 0 Å². The van der Waals surface area contributed by atoms with Gasteiger partial charge in [-0.05, 0) is 44.0 Å². The van der Waals surface area contributed by atoms with E-state index in [4.69, 9.17) is 4.74 Å². The summed E-state index contributed by atoms with van der Waals surface area (Å²) in [4.78, 5) is 49.8. The van der Waals surface area contributed by atoms with Crippen molar-refractivity contribution in [1.82, 2.24) is 4.90 Å². The largest absolute Gasteiger partial charge is 0.462 e. The Morgan fingerprint density at radius 1 is 1.07 bits per heavy atom. The molecule has 0 bridgehead atoms. The molecule has 1 N–H and O–H groups in total. The van der Waals surface area contributed by atoms with Gasteiger partial charge in [-0.3, -0.25) is 19.3 Å². The van der Waals surface area contributed by atoms with Crippen molar-refractivity contribution >= 4 is 29.4 Å². The minimum atomic E-state index is -0.414. The summed E-state index contributed by atoms with van der Waals surface area (Å²) >= 11 is 0. The normalized spacial score (nSPS) is 21.7. The lowest BCUT2D eigenvalue weighted by Crippen LogP contribution is -2.34. The molecule has 0 radical (unpaired) electrons. The van der Waals surface area contributed by atoms with Gasteiger partial charge in [0.1, 0.15) is 0 Å². The molecule has 1 aliphatic carbocycles. The highest BCUT2D eigenvalue weighted by Gasteiger charge is 2.47. The van der Waals surface area contributed by atoms with Crippen molar-refractivity contribution in [3.63, 3.8) is 0 Å². The molecule has 1 saturated heterocycles. The van der Waals surface area contributed by atoms with Gasteiger partial charge in [0, 0.05) is 18.7 Å². The van der Waals surface area contributed by atoms with Gasteiger partial charge in [0.2, 0.25) is 17.7 Å². The first-order valence-corrected chi connectivity index (χ1v) is 9.43. The second-order valence-corrected chi connectivity index (χ2v) is 6.92. The number of hydrogen-bond acceptors (Lipinski definition) is 5. The summed E-state index contributed by atoms with van der Waals surface area (Å²) < 4.78 is 4.91. The molecule has 3 amide bonds. The Kier molecular flexibility index (Phi) is 5.88. The van der Waals surface area contributed by atoms with E-state index in [-0.39, 0.29) is 42.5 Å². The highest BCUT2D eigenvalue weighted by Crippen LogP contribution is 2.37. The lowest BCUT2D eigenvalue weighted by Gasteiger charge is -2.19. The molecule has 2 atom stereocenters. The summed E-state index contributed by atoms with van der Waals surface area (Å²) in [6, 6.07) is 6.38. The number of rotatable bonds is 6. The van der Waals surface area contributed by atoms with Crippen LogP contribution in [-0.4, -0.2) is 41.7 Å². The van der Waals surface area contributed by atoms with Crippen LogP contribution in [-0.2, 0) is 19.1 Å². The van der Waals surface area contributed by atoms with Crippen molar-refractivity contribution in [3.05, 3.63) is 29.8 Å². The van der Waals surface area contributed by atoms with Crippen molar-refractivity contribution in [1.29, 1.82) is 0 Å². The number of amides is 3. The zero-order valence-corrected chi connectivity index (χ0v) is 15.4. The Morgan fingerprint density at radius 3 is 2.22 bits per heavy atom. The van der Waals surface area contributed by atoms with Gasteiger partial charge in [-0.25, -0.2) is 4.79 Å². The van der Waals surface area contributed by atoms with Crippen LogP contribution in [0, 0.1) is 11.8 Å². The van der Waals surface area contributed by atoms with Crippen molar-refractivity contribution in [3.8, 4) is 0 Å². The maximum atomic E-state index is 12.4. The molecule has 27 heavy (non-hydrogen) atoms. The topological polar surface area (TPSA) is 92.8 Å². The Hall–Kier alpha value is -2.70. The van der Waals surface area contributed by atoms with Crippen molar-refractivity contribution in [2.75, 3.05) is 18.5 Å². The Labute approximate surface area is 158 Å². The number of benzene rings is 1. The van der Waals surface area contributed by atoms with Gasteiger partial charge >= 0.3 is 5.97 Å². The van der Waals surface area contributed by atoms with E-state index < -0.39 is 5.97 Å². The summed E-state index contributed by atoms with van der Waals surface area (Å²) in [5, 5.41) is 2.72. The number of imide groups is 1. The van der Waals surface area contributed by atoms with Gasteiger partial charge < -0.3 is 10.1 Å². The van der Waals surface area contributed by atoms with E-state index in [1.165, 1.54) is 4.90 Å². The number of esters is 1. The molecule has 1 saturated carbocycles. The fourth-order valence-corrected chi connectivity index (χ4v) is 3.79. The van der Waals surface area contributed by atoms with Gasteiger partial charge in [0.25, 0.3) is 0 Å². The number of nitrogens with zero attached hydrogens (tertiary/aromatic N) is 1. The van der Waals surface area contributed by atoms with E-state index in [1.807, 2.05) is 0 Å². The molecule has 7 nitrogen and oxygen atoms in total. The molecule has 144 valence electrons. The molecule has 1 aromatic carbocycles. The van der Waals surface area contributed by atoms with E-state index in [2.05, 4.69) is 5.32 Å². The summed E-state index contributed by atoms with van der Waals surface area (Å²) in [5.74, 6) is -1.33. The molecule has 2 fully saturated rings. The molecule has 2 aliphatic rings. The Bertz CT molecular complexity index is 719. The maximum Gasteiger partial charge on any atom is 0.338 e. The minimum Gasteiger partial charge on any atom is -0.462 e. The van der Waals surface area contributed by atoms with E-state index in [0.717, 1.165) is 25.7 Å². The van der Waals surface area contributed by atoms with E-state index in [0.29, 0.717) is 17.9 Å². The molecular weight excluding hydrogens is 348 g/mol. The smallest absolute Gasteiger partial charge is 0.338 e. The van der Waals surface area contributed by atoms with Crippen molar-refractivity contribution < 1.29 is 23.9 Å². The summed E-state index contributed by atoms with van der Waals surface area (Å²) in [6.45, 7) is 2.14. The van der Waals surface area contributed by atoms with Gasteiger partial charge in [0.15, 0.2) is 0 Å². The molecule has 1 aromatic rings. The van der Waals surface area contributed by atoms with Crippen LogP contribution in [0.5, 0.6) is 0 Å². The van der Waals surface area contributed by atoms with Gasteiger partial charge in [-0.2, -0.15) is 0 Å². The SMILES string of the molecule is CCOC(=O)c1ccc(NC(=O)CCN2C(=O)[C@H]3CCCC[C@H]3C2=O)cc1. The molecule has 0 spiro atoms. The number of nitrogens with one attached hydrogen (secondary N) is 1. The predicted molar refractivity (Wildman–Crippen MR) is 97.8 cm³/mol. The minimum absolute atomic E-state index is 0.0521. The van der Waals surface area contributed by atoms with Gasteiger partial charge in [0.05, 0.1) is 24.0 Å². The summed E-state index contributed by atoms with van der Waals surface area (Å²) in [5.41, 5.74) is 0.950.